The van der Waals surface area contributed by atoms with E-state index in [2.05, 4.69) is 23.3 Å². The van der Waals surface area contributed by atoms with Crippen LogP contribution in [0, 0.1) is 0 Å². The fraction of sp³-hybridized carbons (Fsp3) is 0.833. The van der Waals surface area contributed by atoms with Crippen molar-refractivity contribution in [2.24, 2.45) is 0 Å². The maximum Gasteiger partial charge on any atom is 0.510 e. The third kappa shape index (κ3) is 14.0. The Morgan fingerprint density at radius 3 is 1.96 bits per heavy atom. The van der Waals surface area contributed by atoms with Crippen molar-refractivity contribution < 1.29 is 47.0 Å². The van der Waals surface area contributed by atoms with Crippen LogP contribution in [0.2, 0.25) is 0 Å². The van der Waals surface area contributed by atoms with Gasteiger partial charge in [-0.15, -0.1) is 0 Å². The van der Waals surface area contributed by atoms with E-state index in [1.165, 1.54) is 0 Å². The number of ether oxygens (including phenoxy) is 4. The molecule has 0 aliphatic rings. The minimum atomic E-state index is -4.37. The summed E-state index contributed by atoms with van der Waals surface area (Å²) in [6.45, 7) is 5.51. The number of carbonyl (C=O) groups excluding carboxylic acids is 2. The molecule has 0 rings (SSSR count). The lowest BCUT2D eigenvalue weighted by atomic mass is 10.5. The Kier molecular flexibility index (Phi) is 10.6. The molecule has 10 nitrogen and oxygen atoms in total. The first kappa shape index (κ1) is 21.6. The SMILES string of the molecule is CC(C)OC(=O)OCCCOP(=O)(O)OCOC(=O)OC(C)C. The van der Waals surface area contributed by atoms with Crippen molar-refractivity contribution in [2.75, 3.05) is 20.0 Å². The van der Waals surface area contributed by atoms with Gasteiger partial charge in [0.15, 0.2) is 0 Å². The topological polar surface area (TPSA) is 127 Å². The first-order chi connectivity index (χ1) is 10.6. The van der Waals surface area contributed by atoms with Crippen LogP contribution in [0.5, 0.6) is 0 Å². The number of rotatable bonds is 10. The monoisotopic (exact) mass is 358 g/mol. The summed E-state index contributed by atoms with van der Waals surface area (Å²) in [6.07, 6.45) is -2.40. The van der Waals surface area contributed by atoms with Gasteiger partial charge in [0.2, 0.25) is 6.79 Å². The van der Waals surface area contributed by atoms with E-state index in [1.807, 2.05) is 0 Å². The molecule has 0 saturated carbocycles. The molecule has 0 aliphatic carbocycles. The lowest BCUT2D eigenvalue weighted by Crippen LogP contribution is -2.15. The van der Waals surface area contributed by atoms with Gasteiger partial charge in [0.1, 0.15) is 0 Å². The second-order valence-corrected chi connectivity index (χ2v) is 6.18. The van der Waals surface area contributed by atoms with Crippen molar-refractivity contribution in [3.05, 3.63) is 0 Å². The van der Waals surface area contributed by atoms with Crippen molar-refractivity contribution in [1.82, 2.24) is 0 Å². The predicted molar refractivity (Wildman–Crippen MR) is 76.6 cm³/mol. The van der Waals surface area contributed by atoms with E-state index in [0.29, 0.717) is 0 Å². The summed E-state index contributed by atoms with van der Waals surface area (Å²) in [6, 6.07) is 0. The van der Waals surface area contributed by atoms with E-state index in [-0.39, 0.29) is 31.8 Å². The number of phosphoric acid groups is 1. The summed E-state index contributed by atoms with van der Waals surface area (Å²) in [4.78, 5) is 31.3. The summed E-state index contributed by atoms with van der Waals surface area (Å²) >= 11 is 0. The third-order valence-electron chi connectivity index (χ3n) is 1.82. The molecule has 136 valence electrons. The number of phosphoric ester groups is 1. The smallest absolute Gasteiger partial charge is 0.434 e. The van der Waals surface area contributed by atoms with Crippen LogP contribution in [-0.2, 0) is 32.6 Å². The zero-order valence-corrected chi connectivity index (χ0v) is 14.4. The Morgan fingerprint density at radius 2 is 1.43 bits per heavy atom. The van der Waals surface area contributed by atoms with Crippen LogP contribution in [0.25, 0.3) is 0 Å². The van der Waals surface area contributed by atoms with Gasteiger partial charge in [-0.2, -0.15) is 0 Å². The summed E-state index contributed by atoms with van der Waals surface area (Å²) in [7, 11) is -4.37. The van der Waals surface area contributed by atoms with Gasteiger partial charge in [-0.05, 0) is 27.7 Å². The van der Waals surface area contributed by atoms with Gasteiger partial charge in [0.05, 0.1) is 25.4 Å². The first-order valence-electron chi connectivity index (χ1n) is 6.91. The standard InChI is InChI=1S/C12H23O10P/c1-9(2)21-11(13)17-6-5-7-19-23(15,16)20-8-18-12(14)22-10(3)4/h9-10H,5-8H2,1-4H3,(H,15,16). The summed E-state index contributed by atoms with van der Waals surface area (Å²) < 4.78 is 38.8. The summed E-state index contributed by atoms with van der Waals surface area (Å²) in [5.41, 5.74) is 0. The summed E-state index contributed by atoms with van der Waals surface area (Å²) in [5.74, 6) is 0. The molecule has 1 unspecified atom stereocenters. The fourth-order valence-electron chi connectivity index (χ4n) is 1.03. The molecule has 1 atom stereocenters. The molecule has 1 N–H and O–H groups in total. The highest BCUT2D eigenvalue weighted by molar-refractivity contribution is 7.47. The number of hydrogen-bond donors (Lipinski definition) is 1. The molecule has 0 saturated heterocycles. The van der Waals surface area contributed by atoms with E-state index < -0.39 is 26.9 Å². The van der Waals surface area contributed by atoms with Gasteiger partial charge in [-0.1, -0.05) is 0 Å². The average molecular weight is 358 g/mol. The highest BCUT2D eigenvalue weighted by Gasteiger charge is 2.22. The molecule has 0 spiro atoms. The lowest BCUT2D eigenvalue weighted by Gasteiger charge is -2.13. The van der Waals surface area contributed by atoms with Crippen molar-refractivity contribution >= 4 is 20.1 Å². The van der Waals surface area contributed by atoms with Crippen LogP contribution in [0.4, 0.5) is 9.59 Å². The molecule has 11 heteroatoms. The maximum atomic E-state index is 11.4. The third-order valence-corrected chi connectivity index (χ3v) is 2.76. The fourth-order valence-corrected chi connectivity index (χ4v) is 1.65. The van der Waals surface area contributed by atoms with Gasteiger partial charge in [0.25, 0.3) is 0 Å². The summed E-state index contributed by atoms with van der Waals surface area (Å²) in [5, 5.41) is 0. The van der Waals surface area contributed by atoms with Crippen LogP contribution < -0.4 is 0 Å². The van der Waals surface area contributed by atoms with Crippen LogP contribution in [-0.4, -0.2) is 49.4 Å². The quantitative estimate of drug-likeness (QED) is 0.269. The van der Waals surface area contributed by atoms with Crippen molar-refractivity contribution in [2.45, 2.75) is 46.3 Å². The van der Waals surface area contributed by atoms with Crippen LogP contribution in [0.1, 0.15) is 34.1 Å². The maximum absolute atomic E-state index is 11.4. The number of carbonyl (C=O) groups is 2. The molecule has 0 heterocycles. The molecule has 0 aromatic rings. The lowest BCUT2D eigenvalue weighted by molar-refractivity contribution is -0.0200. The van der Waals surface area contributed by atoms with Gasteiger partial charge in [0, 0.05) is 6.42 Å². The molecule has 0 fully saturated rings. The van der Waals surface area contributed by atoms with Gasteiger partial charge >= 0.3 is 20.1 Å². The highest BCUT2D eigenvalue weighted by atomic mass is 31.2. The predicted octanol–water partition coefficient (Wildman–Crippen LogP) is 2.59. The van der Waals surface area contributed by atoms with Crippen LogP contribution in [0.3, 0.4) is 0 Å². The van der Waals surface area contributed by atoms with Gasteiger partial charge in [-0.3, -0.25) is 4.52 Å². The molecule has 0 amide bonds. The molecule has 0 bridgehead atoms. The zero-order chi connectivity index (χ0) is 17.9. The molecular weight excluding hydrogens is 335 g/mol. The Balaban J connectivity index is 3.74. The second kappa shape index (κ2) is 11.2. The molecule has 0 aliphatic heterocycles. The van der Waals surface area contributed by atoms with Crippen molar-refractivity contribution in [1.29, 1.82) is 0 Å². The van der Waals surface area contributed by atoms with E-state index in [1.54, 1.807) is 27.7 Å². The minimum absolute atomic E-state index is 0.0528. The highest BCUT2D eigenvalue weighted by Crippen LogP contribution is 2.43. The van der Waals surface area contributed by atoms with E-state index in [9.17, 15) is 19.0 Å². The second-order valence-electron chi connectivity index (χ2n) is 4.73. The number of hydrogen-bond acceptors (Lipinski definition) is 9. The van der Waals surface area contributed by atoms with E-state index in [0.717, 1.165) is 0 Å². The van der Waals surface area contributed by atoms with Gasteiger partial charge < -0.3 is 23.8 Å². The Hall–Kier alpha value is -1.35. The minimum Gasteiger partial charge on any atom is -0.434 e. The van der Waals surface area contributed by atoms with Gasteiger partial charge in [-0.25, -0.2) is 18.7 Å². The Bertz CT molecular complexity index is 409. The largest absolute Gasteiger partial charge is 0.510 e. The average Bonchev–Trinajstić information content (AvgIpc) is 2.35. The van der Waals surface area contributed by atoms with Crippen molar-refractivity contribution in [3.8, 4) is 0 Å². The normalized spacial score (nSPS) is 13.5. The molecule has 23 heavy (non-hydrogen) atoms. The molecular formula is C12H23O10P. The van der Waals surface area contributed by atoms with Crippen LogP contribution in [0.15, 0.2) is 0 Å². The molecule has 0 aromatic heterocycles. The van der Waals surface area contributed by atoms with E-state index >= 15 is 0 Å². The molecule has 0 aromatic carbocycles. The Morgan fingerprint density at radius 1 is 0.913 bits per heavy atom. The van der Waals surface area contributed by atoms with E-state index in [4.69, 9.17) is 4.74 Å². The zero-order valence-electron chi connectivity index (χ0n) is 13.6. The Labute approximate surface area is 134 Å². The first-order valence-corrected chi connectivity index (χ1v) is 8.40. The van der Waals surface area contributed by atoms with Crippen molar-refractivity contribution in [3.63, 3.8) is 0 Å². The van der Waals surface area contributed by atoms with Crippen LogP contribution >= 0.6 is 7.82 Å². The molecule has 0 radical (unpaired) electrons.